The van der Waals surface area contributed by atoms with Crippen molar-refractivity contribution >= 4 is 11.6 Å². The Morgan fingerprint density at radius 1 is 1.55 bits per heavy atom. The molecule has 1 saturated heterocycles. The minimum Gasteiger partial charge on any atom is -0.380 e. The predicted molar refractivity (Wildman–Crippen MR) is 79.4 cm³/mol. The Kier molecular flexibility index (Phi) is 5.52. The van der Waals surface area contributed by atoms with Gasteiger partial charge in [-0.25, -0.2) is 0 Å². The molecule has 1 heterocycles. The number of benzene rings is 1. The Morgan fingerprint density at radius 2 is 2.40 bits per heavy atom. The van der Waals surface area contributed by atoms with Crippen LogP contribution >= 0.6 is 0 Å². The molecule has 0 bridgehead atoms. The van der Waals surface area contributed by atoms with Gasteiger partial charge < -0.3 is 20.7 Å². The lowest BCUT2D eigenvalue weighted by Gasteiger charge is -2.22. The lowest BCUT2D eigenvalue weighted by Crippen LogP contribution is -2.34. The van der Waals surface area contributed by atoms with Crippen molar-refractivity contribution in [3.05, 3.63) is 29.8 Å². The molecule has 3 N–H and O–H groups in total. The van der Waals surface area contributed by atoms with Crippen molar-refractivity contribution in [2.75, 3.05) is 32.1 Å². The third kappa shape index (κ3) is 4.30. The Labute approximate surface area is 120 Å². The van der Waals surface area contributed by atoms with E-state index >= 15 is 0 Å². The zero-order valence-electron chi connectivity index (χ0n) is 12.0. The third-order valence-electron chi connectivity index (χ3n) is 3.67. The predicted octanol–water partition coefficient (Wildman–Crippen LogP) is 1.19. The maximum absolute atomic E-state index is 11.9. The summed E-state index contributed by atoms with van der Waals surface area (Å²) in [6.45, 7) is 2.83. The Bertz CT molecular complexity index is 444. The molecule has 0 aliphatic carbocycles. The van der Waals surface area contributed by atoms with Gasteiger partial charge in [0.1, 0.15) is 0 Å². The maximum atomic E-state index is 11.9. The van der Waals surface area contributed by atoms with E-state index in [1.807, 2.05) is 31.3 Å². The first-order valence-corrected chi connectivity index (χ1v) is 7.06. The van der Waals surface area contributed by atoms with Crippen molar-refractivity contribution in [3.63, 3.8) is 0 Å². The van der Waals surface area contributed by atoms with Gasteiger partial charge in [-0.3, -0.25) is 4.79 Å². The SMILES string of the molecule is CN(CCC(=O)Nc1cccc(CN)c1)C1CCOC1. The van der Waals surface area contributed by atoms with Crippen LogP contribution in [0.15, 0.2) is 24.3 Å². The fourth-order valence-electron chi connectivity index (χ4n) is 2.33. The van der Waals surface area contributed by atoms with Gasteiger partial charge in [-0.2, -0.15) is 0 Å². The Morgan fingerprint density at radius 3 is 3.10 bits per heavy atom. The number of amides is 1. The molecule has 1 atom stereocenters. The summed E-state index contributed by atoms with van der Waals surface area (Å²) in [6.07, 6.45) is 1.54. The first-order chi connectivity index (χ1) is 9.69. The highest BCUT2D eigenvalue weighted by Crippen LogP contribution is 2.12. The Balaban J connectivity index is 1.76. The van der Waals surface area contributed by atoms with Crippen molar-refractivity contribution < 1.29 is 9.53 Å². The van der Waals surface area contributed by atoms with Crippen molar-refractivity contribution in [1.82, 2.24) is 4.90 Å². The van der Waals surface area contributed by atoms with Gasteiger partial charge in [0.25, 0.3) is 0 Å². The summed E-state index contributed by atoms with van der Waals surface area (Å²) in [7, 11) is 2.04. The molecule has 5 heteroatoms. The number of nitrogens with zero attached hydrogens (tertiary/aromatic N) is 1. The minimum atomic E-state index is 0.0323. The van der Waals surface area contributed by atoms with E-state index in [4.69, 9.17) is 10.5 Å². The maximum Gasteiger partial charge on any atom is 0.225 e. The number of hydrogen-bond acceptors (Lipinski definition) is 4. The lowest BCUT2D eigenvalue weighted by atomic mass is 10.2. The van der Waals surface area contributed by atoms with Crippen LogP contribution in [0.2, 0.25) is 0 Å². The molecule has 1 amide bonds. The van der Waals surface area contributed by atoms with Gasteiger partial charge in [0.05, 0.1) is 6.61 Å². The average molecular weight is 277 g/mol. The lowest BCUT2D eigenvalue weighted by molar-refractivity contribution is -0.116. The van der Waals surface area contributed by atoms with E-state index in [1.165, 1.54) is 0 Å². The smallest absolute Gasteiger partial charge is 0.225 e. The number of carbonyl (C=O) groups is 1. The molecule has 1 aromatic rings. The van der Waals surface area contributed by atoms with E-state index in [1.54, 1.807) is 0 Å². The number of likely N-dealkylation sites (N-methyl/N-ethyl adjacent to an activating group) is 1. The second-order valence-corrected chi connectivity index (χ2v) is 5.20. The van der Waals surface area contributed by atoms with Crippen molar-refractivity contribution in [2.24, 2.45) is 5.73 Å². The molecule has 110 valence electrons. The molecule has 0 spiro atoms. The molecule has 5 nitrogen and oxygen atoms in total. The molecule has 1 fully saturated rings. The molecule has 1 unspecified atom stereocenters. The number of hydrogen-bond donors (Lipinski definition) is 2. The molecule has 0 saturated carbocycles. The number of nitrogens with one attached hydrogen (secondary N) is 1. The van der Waals surface area contributed by atoms with Crippen molar-refractivity contribution in [1.29, 1.82) is 0 Å². The summed E-state index contributed by atoms with van der Waals surface area (Å²) in [6, 6.07) is 8.09. The van der Waals surface area contributed by atoms with E-state index < -0.39 is 0 Å². The highest BCUT2D eigenvalue weighted by Gasteiger charge is 2.20. The first kappa shape index (κ1) is 15.0. The molecule has 0 radical (unpaired) electrons. The van der Waals surface area contributed by atoms with Crippen LogP contribution in [-0.4, -0.2) is 43.7 Å². The standard InChI is InChI=1S/C15H23N3O2/c1-18(14-6-8-20-11-14)7-5-15(19)17-13-4-2-3-12(9-13)10-16/h2-4,9,14H,5-8,10-11,16H2,1H3,(H,17,19). The van der Waals surface area contributed by atoms with E-state index in [-0.39, 0.29) is 5.91 Å². The monoisotopic (exact) mass is 277 g/mol. The highest BCUT2D eigenvalue weighted by molar-refractivity contribution is 5.90. The zero-order valence-corrected chi connectivity index (χ0v) is 12.0. The van der Waals surface area contributed by atoms with Gasteiger partial charge in [0.2, 0.25) is 5.91 Å². The van der Waals surface area contributed by atoms with Gasteiger partial charge in [-0.1, -0.05) is 12.1 Å². The van der Waals surface area contributed by atoms with Crippen LogP contribution in [0.4, 0.5) is 5.69 Å². The topological polar surface area (TPSA) is 67.6 Å². The van der Waals surface area contributed by atoms with Gasteiger partial charge in [0.15, 0.2) is 0 Å². The fourth-order valence-corrected chi connectivity index (χ4v) is 2.33. The normalized spacial score (nSPS) is 18.4. The van der Waals surface area contributed by atoms with E-state index in [9.17, 15) is 4.79 Å². The van der Waals surface area contributed by atoms with Crippen LogP contribution in [0.3, 0.4) is 0 Å². The zero-order chi connectivity index (χ0) is 14.4. The van der Waals surface area contributed by atoms with Crippen LogP contribution in [0.1, 0.15) is 18.4 Å². The second kappa shape index (κ2) is 7.38. The van der Waals surface area contributed by atoms with E-state index in [0.717, 1.165) is 37.4 Å². The summed E-state index contributed by atoms with van der Waals surface area (Å²) in [5.41, 5.74) is 7.41. The second-order valence-electron chi connectivity index (χ2n) is 5.20. The van der Waals surface area contributed by atoms with Crippen LogP contribution in [0.5, 0.6) is 0 Å². The van der Waals surface area contributed by atoms with Crippen molar-refractivity contribution in [3.8, 4) is 0 Å². The number of carbonyl (C=O) groups excluding carboxylic acids is 1. The van der Waals surface area contributed by atoms with Gasteiger partial charge in [-0.15, -0.1) is 0 Å². The number of nitrogens with two attached hydrogens (primary N) is 1. The van der Waals surface area contributed by atoms with E-state index in [0.29, 0.717) is 19.0 Å². The molecule has 1 aliphatic heterocycles. The van der Waals surface area contributed by atoms with Crippen LogP contribution in [-0.2, 0) is 16.1 Å². The van der Waals surface area contributed by atoms with Crippen LogP contribution < -0.4 is 11.1 Å². The molecule has 2 rings (SSSR count). The minimum absolute atomic E-state index is 0.0323. The molecule has 20 heavy (non-hydrogen) atoms. The summed E-state index contributed by atoms with van der Waals surface area (Å²) < 4.78 is 5.35. The first-order valence-electron chi connectivity index (χ1n) is 7.06. The summed E-state index contributed by atoms with van der Waals surface area (Å²) in [4.78, 5) is 14.1. The third-order valence-corrected chi connectivity index (χ3v) is 3.67. The number of rotatable bonds is 6. The molecule has 0 aromatic heterocycles. The number of anilines is 1. The average Bonchev–Trinajstić information content (AvgIpc) is 2.99. The summed E-state index contributed by atoms with van der Waals surface area (Å²) in [5.74, 6) is 0.0323. The van der Waals surface area contributed by atoms with Gasteiger partial charge >= 0.3 is 0 Å². The summed E-state index contributed by atoms with van der Waals surface area (Å²) >= 11 is 0. The molecule has 1 aliphatic rings. The molecular weight excluding hydrogens is 254 g/mol. The van der Waals surface area contributed by atoms with Gasteiger partial charge in [0, 0.05) is 37.8 Å². The largest absolute Gasteiger partial charge is 0.380 e. The molecular formula is C15H23N3O2. The molecule has 1 aromatic carbocycles. The van der Waals surface area contributed by atoms with Crippen molar-refractivity contribution in [2.45, 2.75) is 25.4 Å². The number of ether oxygens (including phenoxy) is 1. The quantitative estimate of drug-likeness (QED) is 0.820. The van der Waals surface area contributed by atoms with E-state index in [2.05, 4.69) is 10.2 Å². The van der Waals surface area contributed by atoms with Crippen LogP contribution in [0, 0.1) is 0 Å². The summed E-state index contributed by atoms with van der Waals surface area (Å²) in [5, 5.41) is 2.91. The van der Waals surface area contributed by atoms with Crippen LogP contribution in [0.25, 0.3) is 0 Å². The Hall–Kier alpha value is -1.43. The van der Waals surface area contributed by atoms with Gasteiger partial charge in [-0.05, 0) is 31.2 Å². The highest BCUT2D eigenvalue weighted by atomic mass is 16.5. The fraction of sp³-hybridized carbons (Fsp3) is 0.533.